The molecule has 0 unspecified atom stereocenters. The summed E-state index contributed by atoms with van der Waals surface area (Å²) in [6.07, 6.45) is 0. The first-order valence-corrected chi connectivity index (χ1v) is 8.66. The summed E-state index contributed by atoms with van der Waals surface area (Å²) in [5, 5.41) is 0. The lowest BCUT2D eigenvalue weighted by atomic mass is 10.2. The second kappa shape index (κ2) is 5.25. The number of H-pyrrole nitrogens is 1. The van der Waals surface area contributed by atoms with Gasteiger partial charge in [-0.2, -0.15) is 0 Å². The second-order valence-electron chi connectivity index (χ2n) is 4.00. The molecule has 102 valence electrons. The molecule has 0 saturated carbocycles. The van der Waals surface area contributed by atoms with E-state index in [2.05, 4.69) is 32.3 Å². The SMILES string of the molecule is Cc1ccc(NS(=O)(=O)c2sc(=O)[nH]c2C)cc1I. The molecule has 2 N–H and O–H groups in total. The molecule has 2 aromatic rings. The van der Waals surface area contributed by atoms with Crippen LogP contribution in [0.4, 0.5) is 5.69 Å². The Bertz CT molecular complexity index is 777. The number of thiazole rings is 1. The molecule has 1 heterocycles. The molecule has 2 rings (SSSR count). The fraction of sp³-hybridized carbons (Fsp3) is 0.182. The highest BCUT2D eigenvalue weighted by atomic mass is 127. The fourth-order valence-corrected chi connectivity index (χ4v) is 4.37. The monoisotopic (exact) mass is 410 g/mol. The van der Waals surface area contributed by atoms with Crippen LogP contribution in [0.25, 0.3) is 0 Å². The van der Waals surface area contributed by atoms with Crippen molar-refractivity contribution >= 4 is 49.6 Å². The van der Waals surface area contributed by atoms with E-state index >= 15 is 0 Å². The number of sulfonamides is 1. The smallest absolute Gasteiger partial charge is 0.306 e. The molecule has 0 bridgehead atoms. The van der Waals surface area contributed by atoms with E-state index in [0.29, 0.717) is 22.7 Å². The third-order valence-corrected chi connectivity index (χ3v) is 6.60. The Morgan fingerprint density at radius 3 is 2.53 bits per heavy atom. The lowest BCUT2D eigenvalue weighted by Crippen LogP contribution is -2.12. The Morgan fingerprint density at radius 2 is 2.00 bits per heavy atom. The van der Waals surface area contributed by atoms with Crippen LogP contribution in [0.5, 0.6) is 0 Å². The number of benzene rings is 1. The van der Waals surface area contributed by atoms with Crippen molar-refractivity contribution in [3.8, 4) is 0 Å². The molecule has 0 saturated heterocycles. The van der Waals surface area contributed by atoms with Crippen LogP contribution in [-0.2, 0) is 10.0 Å². The Labute approximate surface area is 128 Å². The zero-order valence-electron chi connectivity index (χ0n) is 10.2. The predicted molar refractivity (Wildman–Crippen MR) is 84.4 cm³/mol. The highest BCUT2D eigenvalue weighted by Crippen LogP contribution is 2.22. The first-order chi connectivity index (χ1) is 8.79. The summed E-state index contributed by atoms with van der Waals surface area (Å²) in [5.74, 6) is 0. The Balaban J connectivity index is 2.39. The van der Waals surface area contributed by atoms with Gasteiger partial charge in [0, 0.05) is 15.0 Å². The topological polar surface area (TPSA) is 79.0 Å². The average Bonchev–Trinajstić information content (AvgIpc) is 2.63. The number of hydrogen-bond donors (Lipinski definition) is 2. The molecule has 19 heavy (non-hydrogen) atoms. The molecule has 0 atom stereocenters. The summed E-state index contributed by atoms with van der Waals surface area (Å²) >= 11 is 2.82. The van der Waals surface area contributed by atoms with Crippen molar-refractivity contribution in [1.82, 2.24) is 4.98 Å². The van der Waals surface area contributed by atoms with Gasteiger partial charge < -0.3 is 4.98 Å². The highest BCUT2D eigenvalue weighted by molar-refractivity contribution is 14.1. The van der Waals surface area contributed by atoms with Crippen LogP contribution in [0.2, 0.25) is 0 Å². The van der Waals surface area contributed by atoms with E-state index in [1.807, 2.05) is 13.0 Å². The fourth-order valence-electron chi connectivity index (χ4n) is 1.50. The molecular formula is C11H11IN2O3S2. The van der Waals surface area contributed by atoms with Crippen molar-refractivity contribution in [2.75, 3.05) is 4.72 Å². The van der Waals surface area contributed by atoms with Crippen molar-refractivity contribution in [3.63, 3.8) is 0 Å². The van der Waals surface area contributed by atoms with Crippen LogP contribution in [0.15, 0.2) is 27.2 Å². The predicted octanol–water partition coefficient (Wildman–Crippen LogP) is 2.46. The van der Waals surface area contributed by atoms with Crippen LogP contribution in [0, 0.1) is 17.4 Å². The van der Waals surface area contributed by atoms with Gasteiger partial charge in [-0.05, 0) is 54.1 Å². The molecule has 0 aliphatic carbocycles. The Hall–Kier alpha value is -0.870. The minimum absolute atomic E-state index is 0.0214. The molecule has 5 nitrogen and oxygen atoms in total. The first-order valence-electron chi connectivity index (χ1n) is 5.28. The van der Waals surface area contributed by atoms with Gasteiger partial charge in [-0.15, -0.1) is 0 Å². The number of nitrogens with one attached hydrogen (secondary N) is 2. The first kappa shape index (κ1) is 14.5. The molecule has 8 heteroatoms. The maximum atomic E-state index is 12.2. The summed E-state index contributed by atoms with van der Waals surface area (Å²) < 4.78 is 27.8. The van der Waals surface area contributed by atoms with Crippen LogP contribution < -0.4 is 9.60 Å². The van der Waals surface area contributed by atoms with Gasteiger partial charge in [-0.25, -0.2) is 8.42 Å². The molecular weight excluding hydrogens is 399 g/mol. The summed E-state index contributed by atoms with van der Waals surface area (Å²) in [4.78, 5) is 13.3. The summed E-state index contributed by atoms with van der Waals surface area (Å²) in [6.45, 7) is 3.51. The molecule has 0 amide bonds. The van der Waals surface area contributed by atoms with Gasteiger partial charge in [0.1, 0.15) is 0 Å². The van der Waals surface area contributed by atoms with Gasteiger partial charge in [0.15, 0.2) is 4.21 Å². The van der Waals surface area contributed by atoms with Crippen LogP contribution in [0.1, 0.15) is 11.3 Å². The van der Waals surface area contributed by atoms with Crippen molar-refractivity contribution in [2.45, 2.75) is 18.1 Å². The quantitative estimate of drug-likeness (QED) is 0.764. The number of rotatable bonds is 3. The van der Waals surface area contributed by atoms with E-state index in [1.54, 1.807) is 19.1 Å². The number of aryl methyl sites for hydroxylation is 2. The molecule has 0 aliphatic heterocycles. The second-order valence-corrected chi connectivity index (χ2v) is 8.02. The number of aromatic nitrogens is 1. The van der Waals surface area contributed by atoms with E-state index in [0.717, 1.165) is 9.13 Å². The van der Waals surface area contributed by atoms with Gasteiger partial charge >= 0.3 is 4.87 Å². The number of aromatic amines is 1. The standard InChI is InChI=1S/C11H11IN2O3S2/c1-6-3-4-8(5-9(6)12)14-19(16,17)10-7(2)13-11(15)18-10/h3-5,14H,1-2H3,(H,13,15). The van der Waals surface area contributed by atoms with Gasteiger partial charge in [0.2, 0.25) is 0 Å². The van der Waals surface area contributed by atoms with E-state index in [9.17, 15) is 13.2 Å². The molecule has 0 fully saturated rings. The Morgan fingerprint density at radius 1 is 1.32 bits per heavy atom. The zero-order valence-corrected chi connectivity index (χ0v) is 13.9. The highest BCUT2D eigenvalue weighted by Gasteiger charge is 2.20. The van der Waals surface area contributed by atoms with Gasteiger partial charge in [-0.1, -0.05) is 17.4 Å². The lowest BCUT2D eigenvalue weighted by Gasteiger charge is -2.08. The summed E-state index contributed by atoms with van der Waals surface area (Å²) in [5.41, 5.74) is 1.91. The molecule has 0 spiro atoms. The maximum absolute atomic E-state index is 12.2. The summed E-state index contributed by atoms with van der Waals surface area (Å²) in [6, 6.07) is 5.28. The van der Waals surface area contributed by atoms with E-state index < -0.39 is 10.0 Å². The summed E-state index contributed by atoms with van der Waals surface area (Å²) in [7, 11) is -3.72. The van der Waals surface area contributed by atoms with Crippen molar-refractivity contribution in [3.05, 3.63) is 42.7 Å². The molecule has 1 aromatic carbocycles. The number of hydrogen-bond acceptors (Lipinski definition) is 4. The molecule has 0 radical (unpaired) electrons. The third-order valence-electron chi connectivity index (χ3n) is 2.45. The van der Waals surface area contributed by atoms with E-state index in [4.69, 9.17) is 0 Å². The maximum Gasteiger partial charge on any atom is 0.306 e. The van der Waals surface area contributed by atoms with E-state index in [-0.39, 0.29) is 9.08 Å². The van der Waals surface area contributed by atoms with Crippen molar-refractivity contribution in [2.24, 2.45) is 0 Å². The largest absolute Gasteiger partial charge is 0.315 e. The minimum Gasteiger partial charge on any atom is -0.315 e. The van der Waals surface area contributed by atoms with E-state index in [1.165, 1.54) is 0 Å². The van der Waals surface area contributed by atoms with Crippen LogP contribution in [-0.4, -0.2) is 13.4 Å². The Kier molecular flexibility index (Phi) is 4.02. The number of anilines is 1. The normalized spacial score (nSPS) is 11.5. The van der Waals surface area contributed by atoms with Crippen LogP contribution >= 0.6 is 33.9 Å². The van der Waals surface area contributed by atoms with Gasteiger partial charge in [0.25, 0.3) is 10.0 Å². The lowest BCUT2D eigenvalue weighted by molar-refractivity contribution is 0.602. The van der Waals surface area contributed by atoms with Crippen molar-refractivity contribution in [1.29, 1.82) is 0 Å². The zero-order chi connectivity index (χ0) is 14.2. The molecule has 1 aromatic heterocycles. The minimum atomic E-state index is -3.72. The molecule has 0 aliphatic rings. The van der Waals surface area contributed by atoms with Gasteiger partial charge in [0.05, 0.1) is 0 Å². The van der Waals surface area contributed by atoms with Crippen LogP contribution in [0.3, 0.4) is 0 Å². The van der Waals surface area contributed by atoms with Crippen molar-refractivity contribution < 1.29 is 8.42 Å². The third kappa shape index (κ3) is 3.18. The number of halogens is 1. The van der Waals surface area contributed by atoms with Gasteiger partial charge in [-0.3, -0.25) is 9.52 Å². The average molecular weight is 410 g/mol.